The van der Waals surface area contributed by atoms with Crippen molar-refractivity contribution in [1.29, 1.82) is 0 Å². The summed E-state index contributed by atoms with van der Waals surface area (Å²) < 4.78 is 45.8. The van der Waals surface area contributed by atoms with E-state index < -0.39 is 17.6 Å². The molecule has 0 aliphatic carbocycles. The second-order valence-corrected chi connectivity index (χ2v) is 6.52. The number of hydrogen-bond acceptors (Lipinski definition) is 6. The van der Waals surface area contributed by atoms with Crippen LogP contribution in [0.1, 0.15) is 5.56 Å². The number of nitro groups is 1. The fourth-order valence-corrected chi connectivity index (χ4v) is 2.93. The Bertz CT molecular complexity index is 1050. The molecule has 152 valence electrons. The van der Waals surface area contributed by atoms with Gasteiger partial charge in [0.1, 0.15) is 0 Å². The monoisotopic (exact) mass is 424 g/mol. The van der Waals surface area contributed by atoms with Gasteiger partial charge in [0.2, 0.25) is 5.89 Å². The van der Waals surface area contributed by atoms with Crippen LogP contribution in [0, 0.1) is 15.0 Å². The van der Waals surface area contributed by atoms with Gasteiger partial charge in [-0.25, -0.2) is 4.68 Å². The van der Waals surface area contributed by atoms with Crippen molar-refractivity contribution in [2.75, 3.05) is 6.54 Å². The van der Waals surface area contributed by atoms with Crippen molar-refractivity contribution < 1.29 is 22.5 Å². The second-order valence-electron chi connectivity index (χ2n) is 6.17. The molecule has 1 heterocycles. The van der Waals surface area contributed by atoms with Crippen molar-refractivity contribution >= 4 is 17.9 Å². The van der Waals surface area contributed by atoms with Crippen LogP contribution in [0.2, 0.25) is 0 Å². The lowest BCUT2D eigenvalue weighted by molar-refractivity contribution is -0.385. The van der Waals surface area contributed by atoms with Gasteiger partial charge >= 0.3 is 6.18 Å². The zero-order valence-electron chi connectivity index (χ0n) is 14.9. The summed E-state index contributed by atoms with van der Waals surface area (Å²) in [5, 5.41) is 15.3. The molecule has 0 N–H and O–H groups in total. The van der Waals surface area contributed by atoms with Crippen LogP contribution in [0.15, 0.2) is 59.0 Å². The molecule has 0 saturated carbocycles. The SMILES string of the molecule is O=[N+]([O-])c1ccccc1CN(Cn1nc(-c2ccccc2)oc1=S)CC(F)(F)F. The Morgan fingerprint density at radius 2 is 1.79 bits per heavy atom. The predicted molar refractivity (Wildman–Crippen MR) is 100 cm³/mol. The predicted octanol–water partition coefficient (Wildman–Crippen LogP) is 4.80. The highest BCUT2D eigenvalue weighted by atomic mass is 32.1. The van der Waals surface area contributed by atoms with Crippen LogP contribution < -0.4 is 0 Å². The van der Waals surface area contributed by atoms with Gasteiger partial charge in [0, 0.05) is 23.7 Å². The van der Waals surface area contributed by atoms with E-state index in [4.69, 9.17) is 16.6 Å². The highest BCUT2D eigenvalue weighted by Gasteiger charge is 2.32. The van der Waals surface area contributed by atoms with E-state index in [1.165, 1.54) is 24.3 Å². The van der Waals surface area contributed by atoms with E-state index >= 15 is 0 Å². The molecule has 0 saturated heterocycles. The molecule has 0 fully saturated rings. The van der Waals surface area contributed by atoms with E-state index in [-0.39, 0.29) is 35.2 Å². The Kier molecular flexibility index (Phi) is 6.09. The normalized spacial score (nSPS) is 11.7. The smallest absolute Gasteiger partial charge is 0.401 e. The number of hydrogen-bond donors (Lipinski definition) is 0. The number of benzene rings is 2. The molecule has 29 heavy (non-hydrogen) atoms. The lowest BCUT2D eigenvalue weighted by Crippen LogP contribution is -2.35. The molecule has 0 atom stereocenters. The van der Waals surface area contributed by atoms with Gasteiger partial charge in [-0.3, -0.25) is 15.0 Å². The van der Waals surface area contributed by atoms with Crippen LogP contribution in [0.3, 0.4) is 0 Å². The van der Waals surface area contributed by atoms with E-state index in [0.29, 0.717) is 5.56 Å². The fraction of sp³-hybridized carbons (Fsp3) is 0.222. The van der Waals surface area contributed by atoms with E-state index in [2.05, 4.69) is 5.10 Å². The molecular formula is C18H15F3N4O3S. The standard InChI is InChI=1S/C18H15F3N4O3S/c19-18(20,21)11-23(10-14-8-4-5-9-15(14)25(26)27)12-24-17(29)28-16(22-24)13-6-2-1-3-7-13/h1-9H,10-12H2. The largest absolute Gasteiger partial charge is 0.409 e. The van der Waals surface area contributed by atoms with Gasteiger partial charge in [0.15, 0.2) is 0 Å². The lowest BCUT2D eigenvalue weighted by atomic mass is 10.1. The van der Waals surface area contributed by atoms with Crippen molar-refractivity contribution in [1.82, 2.24) is 14.7 Å². The molecule has 0 aliphatic rings. The maximum atomic E-state index is 13.1. The number of nitrogens with zero attached hydrogens (tertiary/aromatic N) is 4. The van der Waals surface area contributed by atoms with Gasteiger partial charge in [0.25, 0.3) is 10.5 Å². The molecule has 0 radical (unpaired) electrons. The molecule has 11 heteroatoms. The minimum absolute atomic E-state index is 0.0985. The number of aromatic nitrogens is 2. The number of alkyl halides is 3. The maximum absolute atomic E-state index is 13.1. The summed E-state index contributed by atoms with van der Waals surface area (Å²) in [5.41, 5.74) is 0.520. The van der Waals surface area contributed by atoms with Crippen molar-refractivity contribution in [3.63, 3.8) is 0 Å². The molecule has 3 rings (SSSR count). The van der Waals surface area contributed by atoms with E-state index in [0.717, 1.165) is 9.58 Å². The summed E-state index contributed by atoms with van der Waals surface area (Å²) in [6.45, 7) is -1.96. The van der Waals surface area contributed by atoms with Crippen molar-refractivity contribution in [2.24, 2.45) is 0 Å². The van der Waals surface area contributed by atoms with Gasteiger partial charge in [-0.15, -0.1) is 5.10 Å². The van der Waals surface area contributed by atoms with E-state index in [9.17, 15) is 23.3 Å². The minimum Gasteiger partial charge on any atom is -0.409 e. The molecule has 0 unspecified atom stereocenters. The van der Waals surface area contributed by atoms with Gasteiger partial charge in [0.05, 0.1) is 18.1 Å². The summed E-state index contributed by atoms with van der Waals surface area (Å²) in [6, 6.07) is 14.4. The molecule has 0 aliphatic heterocycles. The minimum atomic E-state index is -4.52. The second kappa shape index (κ2) is 8.53. The average molecular weight is 424 g/mol. The Morgan fingerprint density at radius 3 is 2.45 bits per heavy atom. The van der Waals surface area contributed by atoms with Crippen LogP contribution in [0.25, 0.3) is 11.5 Å². The third-order valence-corrected chi connectivity index (χ3v) is 4.24. The highest BCUT2D eigenvalue weighted by Crippen LogP contribution is 2.24. The third-order valence-electron chi connectivity index (χ3n) is 3.95. The van der Waals surface area contributed by atoms with Gasteiger partial charge < -0.3 is 4.42 Å². The first-order valence-electron chi connectivity index (χ1n) is 8.38. The Balaban J connectivity index is 1.88. The first-order valence-corrected chi connectivity index (χ1v) is 8.78. The van der Waals surface area contributed by atoms with Gasteiger partial charge in [-0.1, -0.05) is 36.4 Å². The summed E-state index contributed by atoms with van der Waals surface area (Å²) >= 11 is 5.08. The number of rotatable bonds is 7. The Labute approximate surface area is 168 Å². The number of nitro benzene ring substituents is 1. The van der Waals surface area contributed by atoms with Gasteiger partial charge in [-0.05, 0) is 24.4 Å². The van der Waals surface area contributed by atoms with Crippen LogP contribution in [-0.4, -0.2) is 32.3 Å². The molecule has 7 nitrogen and oxygen atoms in total. The van der Waals surface area contributed by atoms with Crippen molar-refractivity contribution in [3.05, 3.63) is 75.1 Å². The first kappa shape index (κ1) is 20.7. The van der Waals surface area contributed by atoms with Crippen LogP contribution in [0.4, 0.5) is 18.9 Å². The summed E-state index contributed by atoms with van der Waals surface area (Å²) in [4.78, 5) is 11.4. The molecule has 1 aromatic heterocycles. The van der Waals surface area contributed by atoms with Gasteiger partial charge in [-0.2, -0.15) is 13.2 Å². The molecule has 3 aromatic rings. The van der Waals surface area contributed by atoms with E-state index in [1.807, 2.05) is 0 Å². The van der Waals surface area contributed by atoms with Crippen LogP contribution in [-0.2, 0) is 13.2 Å². The van der Waals surface area contributed by atoms with Crippen LogP contribution >= 0.6 is 12.2 Å². The number of halogens is 3. The molecule has 0 bridgehead atoms. The highest BCUT2D eigenvalue weighted by molar-refractivity contribution is 7.71. The Morgan fingerprint density at radius 1 is 1.14 bits per heavy atom. The topological polar surface area (TPSA) is 77.3 Å². The molecule has 0 amide bonds. The number of para-hydroxylation sites is 1. The fourth-order valence-electron chi connectivity index (χ4n) is 2.76. The van der Waals surface area contributed by atoms with Crippen molar-refractivity contribution in [3.8, 4) is 11.5 Å². The molecular weight excluding hydrogens is 409 g/mol. The average Bonchev–Trinajstić information content (AvgIpc) is 3.02. The Hall–Kier alpha value is -3.05. The lowest BCUT2D eigenvalue weighted by Gasteiger charge is -2.23. The molecule has 2 aromatic carbocycles. The van der Waals surface area contributed by atoms with Crippen molar-refractivity contribution in [2.45, 2.75) is 19.4 Å². The van der Waals surface area contributed by atoms with E-state index in [1.54, 1.807) is 30.3 Å². The summed E-state index contributed by atoms with van der Waals surface area (Å²) in [7, 11) is 0. The van der Waals surface area contributed by atoms with Crippen LogP contribution in [0.5, 0.6) is 0 Å². The zero-order chi connectivity index (χ0) is 21.0. The quantitative estimate of drug-likeness (QED) is 0.308. The first-order chi connectivity index (χ1) is 13.7. The molecule has 0 spiro atoms. The summed E-state index contributed by atoms with van der Waals surface area (Å²) in [5.74, 6) is 0.174. The summed E-state index contributed by atoms with van der Waals surface area (Å²) in [6.07, 6.45) is -4.52. The maximum Gasteiger partial charge on any atom is 0.401 e. The zero-order valence-corrected chi connectivity index (χ0v) is 15.7. The third kappa shape index (κ3) is 5.48.